The van der Waals surface area contributed by atoms with Gasteiger partial charge < -0.3 is 11.1 Å². The van der Waals surface area contributed by atoms with E-state index in [1.165, 1.54) is 0 Å². The summed E-state index contributed by atoms with van der Waals surface area (Å²) in [6.45, 7) is 0. The minimum atomic E-state index is -1.43. The summed E-state index contributed by atoms with van der Waals surface area (Å²) in [6.07, 6.45) is 0. The van der Waals surface area contributed by atoms with Gasteiger partial charge in [-0.3, -0.25) is 19.8 Å². The molecule has 0 bridgehead atoms. The van der Waals surface area contributed by atoms with Crippen molar-refractivity contribution in [3.63, 3.8) is 0 Å². The predicted molar refractivity (Wildman–Crippen MR) is 105 cm³/mol. The number of hydrogen-bond acceptors (Lipinski definition) is 5. The molecule has 136 valence electrons. The summed E-state index contributed by atoms with van der Waals surface area (Å²) in [6, 6.07) is 16.9. The fraction of sp³-hybridized carbons (Fsp3) is 0.0556. The number of para-hydroxylation sites is 2. The average molecular weight is 381 g/mol. The summed E-state index contributed by atoms with van der Waals surface area (Å²) in [5, 5.41) is 6.22. The van der Waals surface area contributed by atoms with E-state index < -0.39 is 23.6 Å². The molecule has 3 rings (SSSR count). The number of amides is 3. The van der Waals surface area contributed by atoms with Crippen LogP contribution in [0.25, 0.3) is 0 Å². The summed E-state index contributed by atoms with van der Waals surface area (Å²) < 4.78 is 0. The Morgan fingerprint density at radius 1 is 1.04 bits per heavy atom. The number of carbonyl (C=O) groups is 3. The Balaban J connectivity index is 1.96. The topological polar surface area (TPSA) is 117 Å². The van der Waals surface area contributed by atoms with Gasteiger partial charge in [0.1, 0.15) is 5.71 Å². The highest BCUT2D eigenvalue weighted by molar-refractivity contribution is 7.80. The lowest BCUT2D eigenvalue weighted by molar-refractivity contribution is -0.127. The number of anilines is 2. The maximum Gasteiger partial charge on any atom is 0.282 e. The molecule has 3 amide bonds. The van der Waals surface area contributed by atoms with Gasteiger partial charge in [0.25, 0.3) is 11.8 Å². The van der Waals surface area contributed by atoms with Crippen molar-refractivity contribution in [1.82, 2.24) is 5.43 Å². The van der Waals surface area contributed by atoms with Crippen molar-refractivity contribution in [3.05, 3.63) is 60.7 Å². The first-order valence-corrected chi connectivity index (χ1v) is 8.32. The van der Waals surface area contributed by atoms with Gasteiger partial charge in [-0.2, -0.15) is 5.10 Å². The standard InChI is InChI=1S/C18H15N5O3S/c19-18(27)22-21-14-13(15(24)20-11-7-3-1-4-8-11)16(25)23(17(14)26)12-9-5-2-6-10-12/h1-10,13H,(H,20,24)(H3,19,22,27)/b21-14-. The van der Waals surface area contributed by atoms with Gasteiger partial charge in [-0.15, -0.1) is 0 Å². The number of nitrogens with one attached hydrogen (secondary N) is 2. The molecular formula is C18H15N5O3S. The molecule has 1 fully saturated rings. The molecule has 9 heteroatoms. The first kappa shape index (κ1) is 18.2. The number of hydrogen-bond donors (Lipinski definition) is 3. The van der Waals surface area contributed by atoms with Crippen LogP contribution in [0.4, 0.5) is 11.4 Å². The highest BCUT2D eigenvalue weighted by Crippen LogP contribution is 2.26. The summed E-state index contributed by atoms with van der Waals surface area (Å²) in [5.74, 6) is -3.53. The molecule has 1 unspecified atom stereocenters. The largest absolute Gasteiger partial charge is 0.375 e. The first-order valence-electron chi connectivity index (χ1n) is 7.91. The Morgan fingerprint density at radius 2 is 1.63 bits per heavy atom. The molecule has 2 aromatic carbocycles. The van der Waals surface area contributed by atoms with Crippen LogP contribution in [0.2, 0.25) is 0 Å². The van der Waals surface area contributed by atoms with Crippen LogP contribution in [0.15, 0.2) is 65.8 Å². The number of nitrogens with zero attached hydrogens (tertiary/aromatic N) is 2. The van der Waals surface area contributed by atoms with Crippen LogP contribution in [-0.4, -0.2) is 28.5 Å². The highest BCUT2D eigenvalue weighted by atomic mass is 32.1. The van der Waals surface area contributed by atoms with Crippen molar-refractivity contribution in [2.75, 3.05) is 10.2 Å². The molecule has 1 aliphatic heterocycles. The zero-order valence-corrected chi connectivity index (χ0v) is 14.8. The second-order valence-electron chi connectivity index (χ2n) is 5.58. The molecule has 0 saturated carbocycles. The van der Waals surface area contributed by atoms with E-state index in [9.17, 15) is 14.4 Å². The smallest absolute Gasteiger partial charge is 0.282 e. The van der Waals surface area contributed by atoms with Gasteiger partial charge >= 0.3 is 0 Å². The number of carbonyl (C=O) groups excluding carboxylic acids is 3. The van der Waals surface area contributed by atoms with Gasteiger partial charge in [-0.25, -0.2) is 4.90 Å². The number of nitrogens with two attached hydrogens (primary N) is 1. The fourth-order valence-corrected chi connectivity index (χ4v) is 2.65. The van der Waals surface area contributed by atoms with Crippen molar-refractivity contribution < 1.29 is 14.4 Å². The van der Waals surface area contributed by atoms with Crippen LogP contribution in [-0.2, 0) is 14.4 Å². The Labute approximate surface area is 160 Å². The third-order valence-electron chi connectivity index (χ3n) is 3.77. The van der Waals surface area contributed by atoms with Crippen molar-refractivity contribution in [2.45, 2.75) is 0 Å². The number of thiocarbonyl (C=S) groups is 1. The maximum absolute atomic E-state index is 12.9. The molecule has 0 radical (unpaired) electrons. The third-order valence-corrected chi connectivity index (χ3v) is 3.86. The number of rotatable bonds is 4. The zero-order valence-electron chi connectivity index (χ0n) is 14.0. The maximum atomic E-state index is 12.9. The minimum Gasteiger partial charge on any atom is -0.375 e. The SMILES string of the molecule is NC(=S)N/N=C1\C(=O)N(c2ccccc2)C(=O)C1C(=O)Nc1ccccc1. The molecule has 1 aliphatic rings. The van der Waals surface area contributed by atoms with E-state index in [2.05, 4.69) is 28.1 Å². The van der Waals surface area contributed by atoms with Crippen molar-refractivity contribution >= 4 is 52.1 Å². The zero-order chi connectivity index (χ0) is 19.4. The summed E-state index contributed by atoms with van der Waals surface area (Å²) in [5.41, 5.74) is 8.16. The van der Waals surface area contributed by atoms with E-state index >= 15 is 0 Å². The molecule has 2 aromatic rings. The minimum absolute atomic E-state index is 0.192. The van der Waals surface area contributed by atoms with E-state index in [0.29, 0.717) is 11.4 Å². The Hall–Kier alpha value is -3.59. The van der Waals surface area contributed by atoms with Crippen LogP contribution < -0.4 is 21.4 Å². The van der Waals surface area contributed by atoms with Gasteiger partial charge in [0.15, 0.2) is 11.0 Å². The summed E-state index contributed by atoms with van der Waals surface area (Å²) in [4.78, 5) is 39.3. The van der Waals surface area contributed by atoms with Crippen molar-refractivity contribution in [1.29, 1.82) is 0 Å². The molecule has 0 aromatic heterocycles. The first-order chi connectivity index (χ1) is 13.0. The van der Waals surface area contributed by atoms with Crippen LogP contribution >= 0.6 is 12.2 Å². The third kappa shape index (κ3) is 3.82. The highest BCUT2D eigenvalue weighted by Gasteiger charge is 2.50. The number of hydrazone groups is 1. The van der Waals surface area contributed by atoms with Crippen molar-refractivity contribution in [3.8, 4) is 0 Å². The second kappa shape index (κ2) is 7.75. The lowest BCUT2D eigenvalue weighted by Gasteiger charge is -2.13. The molecule has 0 aliphatic carbocycles. The monoisotopic (exact) mass is 381 g/mol. The van der Waals surface area contributed by atoms with E-state index in [4.69, 9.17) is 5.73 Å². The van der Waals surface area contributed by atoms with Gasteiger partial charge in [0, 0.05) is 5.69 Å². The van der Waals surface area contributed by atoms with Gasteiger partial charge in [-0.1, -0.05) is 36.4 Å². The van der Waals surface area contributed by atoms with E-state index in [0.717, 1.165) is 4.90 Å². The average Bonchev–Trinajstić information content (AvgIpc) is 2.91. The van der Waals surface area contributed by atoms with Gasteiger partial charge in [0.2, 0.25) is 5.91 Å². The molecule has 0 spiro atoms. The molecule has 8 nitrogen and oxygen atoms in total. The Kier molecular flexibility index (Phi) is 5.23. The Morgan fingerprint density at radius 3 is 2.22 bits per heavy atom. The van der Waals surface area contributed by atoms with Crippen LogP contribution in [0, 0.1) is 5.92 Å². The van der Waals surface area contributed by atoms with Gasteiger partial charge in [0.05, 0.1) is 5.69 Å². The van der Waals surface area contributed by atoms with Crippen molar-refractivity contribution in [2.24, 2.45) is 16.8 Å². The molecule has 1 atom stereocenters. The van der Waals surface area contributed by atoms with Crippen LogP contribution in [0.1, 0.15) is 0 Å². The van der Waals surface area contributed by atoms with Gasteiger partial charge in [-0.05, 0) is 36.5 Å². The van der Waals surface area contributed by atoms with E-state index in [-0.39, 0.29) is 10.8 Å². The molecule has 1 saturated heterocycles. The Bertz CT molecular complexity index is 931. The van der Waals surface area contributed by atoms with Crippen LogP contribution in [0.5, 0.6) is 0 Å². The second-order valence-corrected chi connectivity index (χ2v) is 6.02. The van der Waals surface area contributed by atoms with E-state index in [1.807, 2.05) is 0 Å². The normalized spacial score (nSPS) is 17.9. The fourth-order valence-electron chi connectivity index (χ4n) is 2.61. The molecule has 1 heterocycles. The summed E-state index contributed by atoms with van der Waals surface area (Å²) in [7, 11) is 0. The lowest BCUT2D eigenvalue weighted by Crippen LogP contribution is -2.35. The summed E-state index contributed by atoms with van der Waals surface area (Å²) >= 11 is 4.68. The number of benzene rings is 2. The quantitative estimate of drug-likeness (QED) is 0.315. The molecule has 4 N–H and O–H groups in total. The predicted octanol–water partition coefficient (Wildman–Crippen LogP) is 1.00. The lowest BCUT2D eigenvalue weighted by atomic mass is 10.1. The molecular weight excluding hydrogens is 366 g/mol. The van der Waals surface area contributed by atoms with Crippen LogP contribution in [0.3, 0.4) is 0 Å². The molecule has 27 heavy (non-hydrogen) atoms. The number of imide groups is 1. The van der Waals surface area contributed by atoms with E-state index in [1.54, 1.807) is 60.7 Å².